The SMILES string of the molecule is CCCCCOCCO[C@H](CO)[C@H]1OC[C@H](O)[C@H]1O. The van der Waals surface area contributed by atoms with E-state index in [9.17, 15) is 15.3 Å². The van der Waals surface area contributed by atoms with Crippen LogP contribution in [0.2, 0.25) is 0 Å². The number of aliphatic hydroxyl groups is 3. The summed E-state index contributed by atoms with van der Waals surface area (Å²) in [7, 11) is 0. The second-order valence-corrected chi connectivity index (χ2v) is 4.77. The fourth-order valence-electron chi connectivity index (χ4n) is 2.02. The third-order valence-corrected chi connectivity index (χ3v) is 3.19. The minimum absolute atomic E-state index is 0.0687. The molecule has 1 aliphatic rings. The Morgan fingerprint density at radius 2 is 2.00 bits per heavy atom. The molecule has 0 bridgehead atoms. The van der Waals surface area contributed by atoms with Crippen molar-refractivity contribution in [3.05, 3.63) is 0 Å². The van der Waals surface area contributed by atoms with Gasteiger partial charge in [-0.25, -0.2) is 0 Å². The van der Waals surface area contributed by atoms with Crippen molar-refractivity contribution in [1.82, 2.24) is 0 Å². The Labute approximate surface area is 114 Å². The van der Waals surface area contributed by atoms with Crippen molar-refractivity contribution in [3.8, 4) is 0 Å². The van der Waals surface area contributed by atoms with Crippen LogP contribution in [0.4, 0.5) is 0 Å². The van der Waals surface area contributed by atoms with Gasteiger partial charge in [-0.3, -0.25) is 0 Å². The molecule has 1 aliphatic heterocycles. The largest absolute Gasteiger partial charge is 0.394 e. The quantitative estimate of drug-likeness (QED) is 0.475. The molecular formula is C13H26O6. The topological polar surface area (TPSA) is 88.4 Å². The molecule has 0 spiro atoms. The van der Waals surface area contributed by atoms with Crippen molar-refractivity contribution < 1.29 is 29.5 Å². The molecule has 0 aromatic heterocycles. The van der Waals surface area contributed by atoms with Gasteiger partial charge in [-0.1, -0.05) is 19.8 Å². The Kier molecular flexibility index (Phi) is 8.52. The molecule has 1 heterocycles. The maximum absolute atomic E-state index is 9.66. The average Bonchev–Trinajstić information content (AvgIpc) is 2.74. The van der Waals surface area contributed by atoms with E-state index < -0.39 is 24.4 Å². The summed E-state index contributed by atoms with van der Waals surface area (Å²) >= 11 is 0. The van der Waals surface area contributed by atoms with Gasteiger partial charge in [0.05, 0.1) is 26.4 Å². The number of aliphatic hydroxyl groups excluding tert-OH is 3. The van der Waals surface area contributed by atoms with Crippen molar-refractivity contribution in [3.63, 3.8) is 0 Å². The molecule has 6 nitrogen and oxygen atoms in total. The van der Waals surface area contributed by atoms with E-state index in [0.29, 0.717) is 19.8 Å². The minimum Gasteiger partial charge on any atom is -0.394 e. The van der Waals surface area contributed by atoms with E-state index in [1.54, 1.807) is 0 Å². The van der Waals surface area contributed by atoms with Crippen LogP contribution >= 0.6 is 0 Å². The van der Waals surface area contributed by atoms with Gasteiger partial charge in [0.25, 0.3) is 0 Å². The summed E-state index contributed by atoms with van der Waals surface area (Å²) in [6.45, 7) is 3.44. The smallest absolute Gasteiger partial charge is 0.114 e. The van der Waals surface area contributed by atoms with E-state index >= 15 is 0 Å². The maximum Gasteiger partial charge on any atom is 0.114 e. The summed E-state index contributed by atoms with van der Waals surface area (Å²) in [5, 5.41) is 28.3. The van der Waals surface area contributed by atoms with Gasteiger partial charge < -0.3 is 29.5 Å². The first-order valence-corrected chi connectivity index (χ1v) is 6.98. The lowest BCUT2D eigenvalue weighted by atomic mass is 10.1. The van der Waals surface area contributed by atoms with Crippen LogP contribution in [0.25, 0.3) is 0 Å². The summed E-state index contributed by atoms with van der Waals surface area (Å²) in [6.07, 6.45) is 0.115. The first-order valence-electron chi connectivity index (χ1n) is 6.98. The standard InChI is InChI=1S/C13H26O6/c1-2-3-4-5-17-6-7-18-11(8-14)13-12(16)10(15)9-19-13/h10-16H,2-9H2,1H3/t10-,11+,12+,13+/m0/s1. The van der Waals surface area contributed by atoms with Crippen LogP contribution in [0.1, 0.15) is 26.2 Å². The van der Waals surface area contributed by atoms with Crippen LogP contribution in [0.5, 0.6) is 0 Å². The van der Waals surface area contributed by atoms with E-state index in [0.717, 1.165) is 19.3 Å². The Balaban J connectivity index is 2.12. The molecule has 1 saturated heterocycles. The highest BCUT2D eigenvalue weighted by Gasteiger charge is 2.40. The monoisotopic (exact) mass is 278 g/mol. The molecule has 4 atom stereocenters. The predicted molar refractivity (Wildman–Crippen MR) is 68.9 cm³/mol. The molecule has 19 heavy (non-hydrogen) atoms. The van der Waals surface area contributed by atoms with Crippen molar-refractivity contribution in [2.24, 2.45) is 0 Å². The fourth-order valence-corrected chi connectivity index (χ4v) is 2.02. The zero-order valence-corrected chi connectivity index (χ0v) is 11.5. The van der Waals surface area contributed by atoms with Crippen molar-refractivity contribution in [2.45, 2.75) is 50.6 Å². The summed E-state index contributed by atoms with van der Waals surface area (Å²) in [5.74, 6) is 0. The Morgan fingerprint density at radius 1 is 1.21 bits per heavy atom. The molecule has 0 aromatic rings. The van der Waals surface area contributed by atoms with Crippen LogP contribution in [-0.2, 0) is 14.2 Å². The van der Waals surface area contributed by atoms with Gasteiger partial charge >= 0.3 is 0 Å². The molecule has 0 unspecified atom stereocenters. The highest BCUT2D eigenvalue weighted by Crippen LogP contribution is 2.19. The first kappa shape index (κ1) is 16.8. The highest BCUT2D eigenvalue weighted by atomic mass is 16.6. The molecule has 0 aliphatic carbocycles. The van der Waals surface area contributed by atoms with Crippen LogP contribution in [0.3, 0.4) is 0 Å². The number of hydrogen-bond acceptors (Lipinski definition) is 6. The van der Waals surface area contributed by atoms with Gasteiger partial charge in [0.1, 0.15) is 24.4 Å². The Hall–Kier alpha value is -0.240. The lowest BCUT2D eigenvalue weighted by Crippen LogP contribution is -2.42. The highest BCUT2D eigenvalue weighted by molar-refractivity contribution is 4.88. The summed E-state index contributed by atoms with van der Waals surface area (Å²) in [5.41, 5.74) is 0. The average molecular weight is 278 g/mol. The normalized spacial score (nSPS) is 28.7. The van der Waals surface area contributed by atoms with Crippen molar-refractivity contribution in [1.29, 1.82) is 0 Å². The van der Waals surface area contributed by atoms with Crippen LogP contribution in [0, 0.1) is 0 Å². The minimum atomic E-state index is -1.01. The molecule has 3 N–H and O–H groups in total. The molecule has 6 heteroatoms. The second kappa shape index (κ2) is 9.63. The van der Waals surface area contributed by atoms with Gasteiger partial charge in [-0.2, -0.15) is 0 Å². The Morgan fingerprint density at radius 3 is 2.58 bits per heavy atom. The van der Waals surface area contributed by atoms with Crippen molar-refractivity contribution in [2.75, 3.05) is 33.0 Å². The van der Waals surface area contributed by atoms with Gasteiger partial charge in [0.15, 0.2) is 0 Å². The summed E-state index contributed by atoms with van der Waals surface area (Å²) in [6, 6.07) is 0. The molecule has 1 rings (SSSR count). The lowest BCUT2D eigenvalue weighted by Gasteiger charge is -2.24. The number of unbranched alkanes of at least 4 members (excludes halogenated alkanes) is 2. The second-order valence-electron chi connectivity index (χ2n) is 4.77. The third kappa shape index (κ3) is 5.72. The first-order chi connectivity index (χ1) is 9.20. The predicted octanol–water partition coefficient (Wildman–Crippen LogP) is -0.309. The van der Waals surface area contributed by atoms with E-state index in [1.165, 1.54) is 0 Å². The van der Waals surface area contributed by atoms with E-state index in [4.69, 9.17) is 14.2 Å². The molecule has 1 fully saturated rings. The number of ether oxygens (including phenoxy) is 3. The third-order valence-electron chi connectivity index (χ3n) is 3.19. The van der Waals surface area contributed by atoms with E-state index in [1.807, 2.05) is 0 Å². The van der Waals surface area contributed by atoms with Crippen LogP contribution in [0.15, 0.2) is 0 Å². The van der Waals surface area contributed by atoms with E-state index in [-0.39, 0.29) is 13.2 Å². The summed E-state index contributed by atoms with van der Waals surface area (Å²) < 4.78 is 16.0. The number of hydrogen-bond donors (Lipinski definition) is 3. The van der Waals surface area contributed by atoms with Gasteiger partial charge in [-0.05, 0) is 6.42 Å². The molecule has 0 saturated carbocycles. The van der Waals surface area contributed by atoms with E-state index in [2.05, 4.69) is 6.92 Å². The van der Waals surface area contributed by atoms with Crippen molar-refractivity contribution >= 4 is 0 Å². The zero-order valence-electron chi connectivity index (χ0n) is 11.5. The van der Waals surface area contributed by atoms with Gasteiger partial charge in [0.2, 0.25) is 0 Å². The van der Waals surface area contributed by atoms with Crippen LogP contribution in [-0.4, -0.2) is 72.8 Å². The molecule has 0 aromatic carbocycles. The molecule has 0 radical (unpaired) electrons. The number of rotatable bonds is 10. The zero-order chi connectivity index (χ0) is 14.1. The maximum atomic E-state index is 9.66. The van der Waals surface area contributed by atoms with Crippen LogP contribution < -0.4 is 0 Å². The summed E-state index contributed by atoms with van der Waals surface area (Å²) in [4.78, 5) is 0. The fraction of sp³-hybridized carbons (Fsp3) is 1.00. The Bertz CT molecular complexity index is 225. The molecule has 0 amide bonds. The van der Waals surface area contributed by atoms with Gasteiger partial charge in [-0.15, -0.1) is 0 Å². The molecule has 114 valence electrons. The lowest BCUT2D eigenvalue weighted by molar-refractivity contribution is -0.109. The molecular weight excluding hydrogens is 252 g/mol. The van der Waals surface area contributed by atoms with Gasteiger partial charge in [0, 0.05) is 6.61 Å².